The molecule has 0 aromatic carbocycles. The summed E-state index contributed by atoms with van der Waals surface area (Å²) < 4.78 is 12.4. The SMILES string of the molecule is CC[C@@H](Br)[C@@H]1C[C@H](Br)[C@H](O)[C@H](Br)[C@H]2O[C@@H](C=C=CBr)C[C@H]2O1. The maximum atomic E-state index is 10.5. The number of halogens is 4. The molecule has 2 rings (SSSR count). The van der Waals surface area contributed by atoms with Gasteiger partial charge in [0.2, 0.25) is 0 Å². The van der Waals surface area contributed by atoms with E-state index in [4.69, 9.17) is 9.47 Å². The minimum Gasteiger partial charge on any atom is -0.391 e. The zero-order valence-electron chi connectivity index (χ0n) is 12.2. The summed E-state index contributed by atoms with van der Waals surface area (Å²) in [6, 6.07) is 0. The highest BCUT2D eigenvalue weighted by atomic mass is 79.9. The van der Waals surface area contributed by atoms with Crippen molar-refractivity contribution in [1.29, 1.82) is 0 Å². The first-order chi connectivity index (χ1) is 10.5. The zero-order valence-corrected chi connectivity index (χ0v) is 18.5. The number of aliphatic hydroxyl groups excluding tert-OH is 1. The zero-order chi connectivity index (χ0) is 16.3. The Balaban J connectivity index is 2.20. The molecule has 22 heavy (non-hydrogen) atoms. The van der Waals surface area contributed by atoms with Crippen molar-refractivity contribution in [2.45, 2.75) is 71.2 Å². The van der Waals surface area contributed by atoms with E-state index in [1.54, 1.807) is 4.99 Å². The van der Waals surface area contributed by atoms with Crippen molar-refractivity contribution in [2.75, 3.05) is 0 Å². The van der Waals surface area contributed by atoms with Crippen molar-refractivity contribution < 1.29 is 14.6 Å². The maximum absolute atomic E-state index is 10.5. The quantitative estimate of drug-likeness (QED) is 0.405. The second-order valence-electron chi connectivity index (χ2n) is 5.64. The van der Waals surface area contributed by atoms with Crippen LogP contribution in [0.2, 0.25) is 0 Å². The predicted octanol–water partition coefficient (Wildman–Crippen LogP) is 4.43. The summed E-state index contributed by atoms with van der Waals surface area (Å²) in [6.07, 6.45) is 3.69. The molecule has 0 aliphatic carbocycles. The van der Waals surface area contributed by atoms with Gasteiger partial charge in [0.15, 0.2) is 0 Å². The van der Waals surface area contributed by atoms with E-state index in [1.165, 1.54) is 0 Å². The Kier molecular flexibility index (Phi) is 8.16. The van der Waals surface area contributed by atoms with Crippen LogP contribution < -0.4 is 0 Å². The Bertz CT molecular complexity index is 427. The average Bonchev–Trinajstić information content (AvgIpc) is 2.91. The van der Waals surface area contributed by atoms with E-state index in [2.05, 4.69) is 76.4 Å². The maximum Gasteiger partial charge on any atom is 0.0996 e. The van der Waals surface area contributed by atoms with Gasteiger partial charge in [-0.1, -0.05) is 70.6 Å². The molecule has 126 valence electrons. The molecule has 0 unspecified atom stereocenters. The number of hydrogen-bond acceptors (Lipinski definition) is 3. The van der Waals surface area contributed by atoms with Gasteiger partial charge < -0.3 is 14.6 Å². The Morgan fingerprint density at radius 2 is 2.05 bits per heavy atom. The molecule has 0 saturated carbocycles. The predicted molar refractivity (Wildman–Crippen MR) is 103 cm³/mol. The largest absolute Gasteiger partial charge is 0.391 e. The van der Waals surface area contributed by atoms with Crippen LogP contribution in [0.15, 0.2) is 16.8 Å². The molecule has 2 aliphatic rings. The van der Waals surface area contributed by atoms with E-state index < -0.39 is 6.10 Å². The minimum atomic E-state index is -0.523. The fourth-order valence-corrected chi connectivity index (χ4v) is 5.34. The van der Waals surface area contributed by atoms with Crippen LogP contribution in [-0.2, 0) is 9.47 Å². The van der Waals surface area contributed by atoms with Crippen LogP contribution in [0.5, 0.6) is 0 Å². The first-order valence-electron chi connectivity index (χ1n) is 7.40. The van der Waals surface area contributed by atoms with E-state index in [0.29, 0.717) is 0 Å². The first kappa shape index (κ1) is 19.6. The third kappa shape index (κ3) is 4.69. The lowest BCUT2D eigenvalue weighted by Gasteiger charge is -2.37. The topological polar surface area (TPSA) is 38.7 Å². The lowest BCUT2D eigenvalue weighted by atomic mass is 9.96. The smallest absolute Gasteiger partial charge is 0.0996 e. The van der Waals surface area contributed by atoms with Crippen LogP contribution in [-0.4, -0.2) is 50.1 Å². The molecule has 0 radical (unpaired) electrons. The van der Waals surface area contributed by atoms with Crippen LogP contribution in [0.4, 0.5) is 0 Å². The standard InChI is InChI=1S/C15H20Br4O3/c1-2-9(17)11-7-10(18)14(20)13(19)15-12(22-11)6-8(21-15)4-3-5-16/h4-5,8-15,20H,2,6-7H2,1H3/t3?,8-,9+,10-,11-,12+,13-,14-,15-/m0/s1. The molecule has 2 fully saturated rings. The molecular formula is C15H20Br4O3. The van der Waals surface area contributed by atoms with E-state index in [1.807, 2.05) is 6.08 Å². The molecule has 0 bridgehead atoms. The summed E-state index contributed by atoms with van der Waals surface area (Å²) in [7, 11) is 0. The third-order valence-corrected chi connectivity index (χ3v) is 7.60. The fraction of sp³-hybridized carbons (Fsp3) is 0.800. The highest BCUT2D eigenvalue weighted by molar-refractivity contribution is 9.11. The van der Waals surface area contributed by atoms with Crippen LogP contribution >= 0.6 is 63.7 Å². The van der Waals surface area contributed by atoms with Crippen molar-refractivity contribution >= 4 is 63.7 Å². The van der Waals surface area contributed by atoms with Gasteiger partial charge in [0.1, 0.15) is 0 Å². The monoisotopic (exact) mass is 564 g/mol. The molecule has 2 aliphatic heterocycles. The summed E-state index contributed by atoms with van der Waals surface area (Å²) in [5.41, 5.74) is 3.00. The fourth-order valence-electron chi connectivity index (χ4n) is 2.90. The van der Waals surface area contributed by atoms with Crippen molar-refractivity contribution in [1.82, 2.24) is 0 Å². The molecule has 0 amide bonds. The van der Waals surface area contributed by atoms with Crippen LogP contribution in [0.3, 0.4) is 0 Å². The van der Waals surface area contributed by atoms with Crippen molar-refractivity contribution in [3.63, 3.8) is 0 Å². The highest BCUT2D eigenvalue weighted by Crippen LogP contribution is 2.38. The number of alkyl halides is 3. The van der Waals surface area contributed by atoms with Gasteiger partial charge in [-0.05, 0) is 18.9 Å². The van der Waals surface area contributed by atoms with E-state index in [9.17, 15) is 5.11 Å². The Hall–Kier alpha value is 1.32. The molecule has 0 spiro atoms. The second kappa shape index (κ2) is 9.14. The van der Waals surface area contributed by atoms with E-state index in [0.717, 1.165) is 19.3 Å². The summed E-state index contributed by atoms with van der Waals surface area (Å²) in [4.78, 5) is 1.75. The molecule has 1 N–H and O–H groups in total. The van der Waals surface area contributed by atoms with Crippen molar-refractivity contribution in [2.24, 2.45) is 0 Å². The number of rotatable bonds is 3. The summed E-state index contributed by atoms with van der Waals surface area (Å²) in [6.45, 7) is 2.13. The van der Waals surface area contributed by atoms with Gasteiger partial charge in [0, 0.05) is 21.1 Å². The van der Waals surface area contributed by atoms with Crippen molar-refractivity contribution in [3.05, 3.63) is 16.8 Å². The summed E-state index contributed by atoms with van der Waals surface area (Å²) in [5.74, 6) is 0. The molecule has 2 saturated heterocycles. The van der Waals surface area contributed by atoms with Gasteiger partial charge in [-0.25, -0.2) is 0 Å². The van der Waals surface area contributed by atoms with Gasteiger partial charge >= 0.3 is 0 Å². The number of ether oxygens (including phenoxy) is 2. The molecule has 0 aromatic rings. The Morgan fingerprint density at radius 3 is 2.68 bits per heavy atom. The van der Waals surface area contributed by atoms with Crippen LogP contribution in [0.1, 0.15) is 26.2 Å². The highest BCUT2D eigenvalue weighted by Gasteiger charge is 2.47. The second-order valence-corrected chi connectivity index (χ2v) is 9.51. The molecule has 8 atom stereocenters. The molecular weight excluding hydrogens is 548 g/mol. The van der Waals surface area contributed by atoms with Gasteiger partial charge in [0.25, 0.3) is 0 Å². The van der Waals surface area contributed by atoms with E-state index in [-0.39, 0.29) is 38.9 Å². The van der Waals surface area contributed by atoms with Gasteiger partial charge in [-0.15, -0.1) is 5.73 Å². The van der Waals surface area contributed by atoms with Gasteiger partial charge in [-0.3, -0.25) is 0 Å². The normalized spacial score (nSPS) is 43.5. The number of aliphatic hydroxyl groups is 1. The van der Waals surface area contributed by atoms with Crippen molar-refractivity contribution in [3.8, 4) is 0 Å². The Labute approximate surface area is 165 Å². The average molecular weight is 568 g/mol. The number of hydrogen-bond donors (Lipinski definition) is 1. The first-order valence-corrected chi connectivity index (χ1v) is 11.1. The third-order valence-electron chi connectivity index (χ3n) is 4.12. The minimum absolute atomic E-state index is 0.0324. The lowest BCUT2D eigenvalue weighted by molar-refractivity contribution is -0.0816. The Morgan fingerprint density at radius 1 is 1.32 bits per heavy atom. The summed E-state index contributed by atoms with van der Waals surface area (Å²) >= 11 is 14.1. The summed E-state index contributed by atoms with van der Waals surface area (Å²) in [5, 5.41) is 10.5. The lowest BCUT2D eigenvalue weighted by Crippen LogP contribution is -2.49. The van der Waals surface area contributed by atoms with E-state index >= 15 is 0 Å². The van der Waals surface area contributed by atoms with Crippen LogP contribution in [0.25, 0.3) is 0 Å². The molecule has 7 heteroatoms. The molecule has 3 nitrogen and oxygen atoms in total. The van der Waals surface area contributed by atoms with Gasteiger partial charge in [0.05, 0.1) is 35.3 Å². The molecule has 0 aromatic heterocycles. The molecule has 2 heterocycles. The van der Waals surface area contributed by atoms with Crippen LogP contribution in [0, 0.1) is 0 Å². The van der Waals surface area contributed by atoms with Gasteiger partial charge in [-0.2, -0.15) is 0 Å². The number of fused-ring (bicyclic) bond motifs is 1.